The topological polar surface area (TPSA) is 58.4 Å². The molecule has 2 saturated heterocycles. The standard InChI is InChI=1S/C18H27N3OS/c19-18(22)16-5-2-7-21(12-16)11-15-4-1-3-14(9-15)10-20-17-6-8-23-13-17/h1,3-4,9,16-17,20H,2,5-8,10-13H2,(H2,19,22)/t16-,17-/m1/s1. The lowest BCUT2D eigenvalue weighted by atomic mass is 9.97. The smallest absolute Gasteiger partial charge is 0.221 e. The molecule has 2 heterocycles. The molecule has 1 aromatic carbocycles. The average Bonchev–Trinajstić information content (AvgIpc) is 3.07. The molecule has 126 valence electrons. The normalized spacial score (nSPS) is 25.6. The van der Waals surface area contributed by atoms with Gasteiger partial charge in [0.25, 0.3) is 0 Å². The molecule has 0 aliphatic carbocycles. The maximum absolute atomic E-state index is 11.4. The number of likely N-dealkylation sites (tertiary alicyclic amines) is 1. The molecule has 23 heavy (non-hydrogen) atoms. The van der Waals surface area contributed by atoms with Crippen LogP contribution in [0.15, 0.2) is 24.3 Å². The fourth-order valence-electron chi connectivity index (χ4n) is 3.49. The second-order valence-electron chi connectivity index (χ2n) is 6.74. The molecular weight excluding hydrogens is 306 g/mol. The highest BCUT2D eigenvalue weighted by Crippen LogP contribution is 2.20. The first-order chi connectivity index (χ1) is 11.2. The number of hydrogen-bond acceptors (Lipinski definition) is 4. The number of rotatable bonds is 6. The van der Waals surface area contributed by atoms with Gasteiger partial charge in [0.15, 0.2) is 0 Å². The maximum atomic E-state index is 11.4. The first kappa shape index (κ1) is 16.8. The average molecular weight is 334 g/mol. The number of nitrogens with one attached hydrogen (secondary N) is 1. The number of carbonyl (C=O) groups is 1. The molecule has 0 aromatic heterocycles. The van der Waals surface area contributed by atoms with Crippen LogP contribution in [0.4, 0.5) is 0 Å². The van der Waals surface area contributed by atoms with Crippen molar-refractivity contribution in [1.82, 2.24) is 10.2 Å². The summed E-state index contributed by atoms with van der Waals surface area (Å²) in [7, 11) is 0. The molecule has 2 aliphatic rings. The summed E-state index contributed by atoms with van der Waals surface area (Å²) in [5.74, 6) is 2.39. The van der Waals surface area contributed by atoms with E-state index in [-0.39, 0.29) is 11.8 Å². The number of carbonyl (C=O) groups excluding carboxylic acids is 1. The van der Waals surface area contributed by atoms with Gasteiger partial charge < -0.3 is 11.1 Å². The second-order valence-corrected chi connectivity index (χ2v) is 7.89. The Bertz CT molecular complexity index is 531. The van der Waals surface area contributed by atoms with Gasteiger partial charge in [-0.05, 0) is 42.7 Å². The minimum Gasteiger partial charge on any atom is -0.369 e. The summed E-state index contributed by atoms with van der Waals surface area (Å²) in [6.07, 6.45) is 3.29. The Morgan fingerprint density at radius 3 is 3.00 bits per heavy atom. The largest absolute Gasteiger partial charge is 0.369 e. The van der Waals surface area contributed by atoms with Gasteiger partial charge in [-0.3, -0.25) is 9.69 Å². The molecule has 0 bridgehead atoms. The van der Waals surface area contributed by atoms with Gasteiger partial charge in [0.05, 0.1) is 5.92 Å². The summed E-state index contributed by atoms with van der Waals surface area (Å²) < 4.78 is 0. The predicted octanol–water partition coefficient (Wildman–Crippen LogP) is 1.98. The molecule has 1 aromatic rings. The first-order valence-electron chi connectivity index (χ1n) is 8.61. The Balaban J connectivity index is 1.53. The Morgan fingerprint density at radius 1 is 1.35 bits per heavy atom. The molecule has 0 saturated carbocycles. The maximum Gasteiger partial charge on any atom is 0.221 e. The van der Waals surface area contributed by atoms with Gasteiger partial charge in [-0.2, -0.15) is 11.8 Å². The highest BCUT2D eigenvalue weighted by Gasteiger charge is 2.23. The zero-order valence-electron chi connectivity index (χ0n) is 13.7. The van der Waals surface area contributed by atoms with Crippen molar-refractivity contribution < 1.29 is 4.79 Å². The highest BCUT2D eigenvalue weighted by molar-refractivity contribution is 7.99. The third-order valence-corrected chi connectivity index (χ3v) is 5.99. The summed E-state index contributed by atoms with van der Waals surface area (Å²) in [6.45, 7) is 3.72. The molecule has 0 unspecified atom stereocenters. The van der Waals surface area contributed by atoms with Crippen LogP contribution in [0.1, 0.15) is 30.4 Å². The molecular formula is C18H27N3OS. The van der Waals surface area contributed by atoms with Crippen molar-refractivity contribution in [3.63, 3.8) is 0 Å². The number of primary amides is 1. The molecule has 2 fully saturated rings. The van der Waals surface area contributed by atoms with Gasteiger partial charge >= 0.3 is 0 Å². The van der Waals surface area contributed by atoms with Crippen molar-refractivity contribution in [3.8, 4) is 0 Å². The predicted molar refractivity (Wildman–Crippen MR) is 96.2 cm³/mol. The van der Waals surface area contributed by atoms with Crippen LogP contribution in [0, 0.1) is 5.92 Å². The summed E-state index contributed by atoms with van der Waals surface area (Å²) >= 11 is 2.04. The Labute approximate surface area is 143 Å². The molecule has 0 radical (unpaired) electrons. The molecule has 0 spiro atoms. The van der Waals surface area contributed by atoms with Crippen LogP contribution in [-0.4, -0.2) is 41.4 Å². The number of hydrogen-bond donors (Lipinski definition) is 2. The van der Waals surface area contributed by atoms with Gasteiger partial charge in [-0.25, -0.2) is 0 Å². The zero-order chi connectivity index (χ0) is 16.1. The molecule has 3 rings (SSSR count). The first-order valence-corrected chi connectivity index (χ1v) is 9.77. The van der Waals surface area contributed by atoms with Crippen molar-refractivity contribution >= 4 is 17.7 Å². The Hall–Kier alpha value is -1.04. The number of thioether (sulfide) groups is 1. The van der Waals surface area contributed by atoms with Crippen molar-refractivity contribution in [2.24, 2.45) is 11.7 Å². The quantitative estimate of drug-likeness (QED) is 0.836. The van der Waals surface area contributed by atoms with E-state index >= 15 is 0 Å². The summed E-state index contributed by atoms with van der Waals surface area (Å²) in [5, 5.41) is 3.66. The van der Waals surface area contributed by atoms with Crippen LogP contribution in [-0.2, 0) is 17.9 Å². The third kappa shape index (κ3) is 4.96. The number of benzene rings is 1. The number of nitrogens with zero attached hydrogens (tertiary/aromatic N) is 1. The summed E-state index contributed by atoms with van der Waals surface area (Å²) in [4.78, 5) is 13.8. The van der Waals surface area contributed by atoms with Crippen molar-refractivity contribution in [2.45, 2.75) is 38.4 Å². The van der Waals surface area contributed by atoms with Gasteiger partial charge in [0.1, 0.15) is 0 Å². The third-order valence-electron chi connectivity index (χ3n) is 4.83. The monoisotopic (exact) mass is 333 g/mol. The van der Waals surface area contributed by atoms with E-state index < -0.39 is 0 Å². The van der Waals surface area contributed by atoms with Crippen molar-refractivity contribution in [2.75, 3.05) is 24.6 Å². The van der Waals surface area contributed by atoms with E-state index in [1.807, 2.05) is 11.8 Å². The fraction of sp³-hybridized carbons (Fsp3) is 0.611. The van der Waals surface area contributed by atoms with E-state index in [9.17, 15) is 4.79 Å². The van der Waals surface area contributed by atoms with E-state index in [0.29, 0.717) is 6.04 Å². The Morgan fingerprint density at radius 2 is 2.22 bits per heavy atom. The van der Waals surface area contributed by atoms with Crippen molar-refractivity contribution in [3.05, 3.63) is 35.4 Å². The lowest BCUT2D eigenvalue weighted by Crippen LogP contribution is -2.40. The number of amides is 1. The molecule has 1 amide bonds. The molecule has 2 atom stereocenters. The Kier molecular flexibility index (Phi) is 5.97. The lowest BCUT2D eigenvalue weighted by molar-refractivity contribution is -0.123. The van der Waals surface area contributed by atoms with Gasteiger partial charge in [0.2, 0.25) is 5.91 Å². The van der Waals surface area contributed by atoms with Crippen LogP contribution in [0.5, 0.6) is 0 Å². The van der Waals surface area contributed by atoms with Gasteiger partial charge in [-0.1, -0.05) is 24.3 Å². The van der Waals surface area contributed by atoms with Crippen LogP contribution < -0.4 is 11.1 Å². The van der Waals surface area contributed by atoms with E-state index in [1.165, 1.54) is 29.1 Å². The lowest BCUT2D eigenvalue weighted by Gasteiger charge is -2.31. The van der Waals surface area contributed by atoms with Crippen LogP contribution in [0.2, 0.25) is 0 Å². The second kappa shape index (κ2) is 8.18. The number of nitrogens with two attached hydrogens (primary N) is 1. The van der Waals surface area contributed by atoms with E-state index in [0.717, 1.165) is 39.0 Å². The van der Waals surface area contributed by atoms with Crippen molar-refractivity contribution in [1.29, 1.82) is 0 Å². The number of piperidine rings is 1. The molecule has 3 N–H and O–H groups in total. The van der Waals surface area contributed by atoms with Gasteiger partial charge in [-0.15, -0.1) is 0 Å². The molecule has 5 heteroatoms. The molecule has 4 nitrogen and oxygen atoms in total. The summed E-state index contributed by atoms with van der Waals surface area (Å²) in [6, 6.07) is 9.49. The SMILES string of the molecule is NC(=O)[C@@H]1CCCN(Cc2cccc(CN[C@@H]3CCSC3)c2)C1. The zero-order valence-corrected chi connectivity index (χ0v) is 14.5. The highest BCUT2D eigenvalue weighted by atomic mass is 32.2. The van der Waals surface area contributed by atoms with Crippen LogP contribution in [0.25, 0.3) is 0 Å². The molecule has 2 aliphatic heterocycles. The van der Waals surface area contributed by atoms with E-state index in [2.05, 4.69) is 34.5 Å². The minimum atomic E-state index is -0.151. The van der Waals surface area contributed by atoms with E-state index in [1.54, 1.807) is 0 Å². The summed E-state index contributed by atoms with van der Waals surface area (Å²) in [5.41, 5.74) is 8.15. The van der Waals surface area contributed by atoms with Crippen LogP contribution >= 0.6 is 11.8 Å². The fourth-order valence-corrected chi connectivity index (χ4v) is 4.67. The van der Waals surface area contributed by atoms with Crippen LogP contribution in [0.3, 0.4) is 0 Å². The minimum absolute atomic E-state index is 0.0217. The van der Waals surface area contributed by atoms with E-state index in [4.69, 9.17) is 5.73 Å². The van der Waals surface area contributed by atoms with Gasteiger partial charge in [0, 0.05) is 31.4 Å².